The Bertz CT molecular complexity index is 365. The molecule has 0 aliphatic heterocycles. The van der Waals surface area contributed by atoms with Crippen LogP contribution in [0.5, 0.6) is 5.75 Å². The summed E-state index contributed by atoms with van der Waals surface area (Å²) in [5, 5.41) is 3.27. The zero-order valence-corrected chi connectivity index (χ0v) is 11.0. The fourth-order valence-corrected chi connectivity index (χ4v) is 1.30. The summed E-state index contributed by atoms with van der Waals surface area (Å²) in [6, 6.07) is 3.76. The van der Waals surface area contributed by atoms with Crippen molar-refractivity contribution >= 4 is 5.91 Å². The summed E-state index contributed by atoms with van der Waals surface area (Å²) in [7, 11) is 0. The summed E-state index contributed by atoms with van der Waals surface area (Å²) < 4.78 is 5.43. The van der Waals surface area contributed by atoms with Crippen molar-refractivity contribution in [3.8, 4) is 5.75 Å². The Morgan fingerprint density at radius 1 is 1.56 bits per heavy atom. The van der Waals surface area contributed by atoms with Gasteiger partial charge in [-0.2, -0.15) is 0 Å². The van der Waals surface area contributed by atoms with Crippen molar-refractivity contribution in [2.75, 3.05) is 13.2 Å². The number of pyridine rings is 1. The summed E-state index contributed by atoms with van der Waals surface area (Å²) in [5.41, 5.74) is 6.12. The molecule has 1 heterocycles. The molecule has 100 valence electrons. The highest BCUT2D eigenvalue weighted by atomic mass is 16.5. The predicted octanol–water partition coefficient (Wildman–Crippen LogP) is 1.08. The van der Waals surface area contributed by atoms with Crippen LogP contribution in [0.25, 0.3) is 0 Å². The van der Waals surface area contributed by atoms with Gasteiger partial charge in [-0.1, -0.05) is 13.8 Å². The molecule has 1 aromatic heterocycles. The van der Waals surface area contributed by atoms with Crippen molar-refractivity contribution in [3.63, 3.8) is 0 Å². The van der Waals surface area contributed by atoms with Crippen molar-refractivity contribution < 1.29 is 9.53 Å². The Hall–Kier alpha value is -1.62. The van der Waals surface area contributed by atoms with Crippen molar-refractivity contribution in [2.45, 2.75) is 26.8 Å². The number of rotatable bonds is 8. The van der Waals surface area contributed by atoms with Crippen molar-refractivity contribution in [1.29, 1.82) is 0 Å². The van der Waals surface area contributed by atoms with Crippen LogP contribution in [0.15, 0.2) is 18.3 Å². The molecule has 1 atom stereocenters. The molecule has 0 aliphatic carbocycles. The number of carbonyl (C=O) groups excluding carboxylic acids is 1. The first-order chi connectivity index (χ1) is 8.63. The third kappa shape index (κ3) is 5.14. The fourth-order valence-electron chi connectivity index (χ4n) is 1.30. The molecule has 0 saturated carbocycles. The molecule has 5 nitrogen and oxygen atoms in total. The highest BCUT2D eigenvalue weighted by Gasteiger charge is 2.09. The van der Waals surface area contributed by atoms with E-state index in [0.29, 0.717) is 5.75 Å². The minimum atomic E-state index is -0.358. The number of nitrogens with one attached hydrogen (secondary N) is 1. The molecular formula is C13H21N3O2. The Morgan fingerprint density at radius 3 is 2.89 bits per heavy atom. The fraction of sp³-hybridized carbons (Fsp3) is 0.538. The minimum absolute atomic E-state index is 0.282. The lowest BCUT2D eigenvalue weighted by Crippen LogP contribution is -2.25. The van der Waals surface area contributed by atoms with Gasteiger partial charge >= 0.3 is 0 Å². The Balaban J connectivity index is 2.38. The second kappa shape index (κ2) is 7.66. The molecule has 0 aromatic carbocycles. The van der Waals surface area contributed by atoms with Gasteiger partial charge in [-0.15, -0.1) is 0 Å². The molecule has 18 heavy (non-hydrogen) atoms. The average Bonchev–Trinajstić information content (AvgIpc) is 2.37. The zero-order chi connectivity index (χ0) is 13.4. The standard InChI is InChI=1S/C13H21N3O2/c1-3-6-15-7-11-4-5-12(8-16-11)18-9-10(2)13(14)17/h4-5,8,10,15H,3,6-7,9H2,1-2H3,(H2,14,17). The highest BCUT2D eigenvalue weighted by molar-refractivity contribution is 5.76. The van der Waals surface area contributed by atoms with Crippen LogP contribution in [0.2, 0.25) is 0 Å². The van der Waals surface area contributed by atoms with Crippen LogP contribution in [0.4, 0.5) is 0 Å². The van der Waals surface area contributed by atoms with Crippen molar-refractivity contribution in [2.24, 2.45) is 11.7 Å². The van der Waals surface area contributed by atoms with Crippen LogP contribution in [-0.2, 0) is 11.3 Å². The van der Waals surface area contributed by atoms with Crippen molar-refractivity contribution in [1.82, 2.24) is 10.3 Å². The Morgan fingerprint density at radius 2 is 2.33 bits per heavy atom. The molecule has 5 heteroatoms. The summed E-state index contributed by atoms with van der Waals surface area (Å²) in [4.78, 5) is 15.1. The molecule has 0 radical (unpaired) electrons. The van der Waals surface area contributed by atoms with E-state index >= 15 is 0 Å². The lowest BCUT2D eigenvalue weighted by Gasteiger charge is -2.10. The lowest BCUT2D eigenvalue weighted by molar-refractivity contribution is -0.122. The third-order valence-corrected chi connectivity index (χ3v) is 2.52. The summed E-state index contributed by atoms with van der Waals surface area (Å²) in [5.74, 6) is 0.00147. The van der Waals surface area contributed by atoms with E-state index in [1.54, 1.807) is 13.1 Å². The molecule has 0 fully saturated rings. The van der Waals surface area contributed by atoms with Crippen LogP contribution in [0, 0.1) is 5.92 Å². The van der Waals surface area contributed by atoms with Gasteiger partial charge in [0.05, 0.1) is 24.4 Å². The highest BCUT2D eigenvalue weighted by Crippen LogP contribution is 2.10. The molecule has 1 rings (SSSR count). The monoisotopic (exact) mass is 251 g/mol. The van der Waals surface area contributed by atoms with Crippen molar-refractivity contribution in [3.05, 3.63) is 24.0 Å². The maximum Gasteiger partial charge on any atom is 0.223 e. The average molecular weight is 251 g/mol. The first kappa shape index (κ1) is 14.4. The molecule has 0 saturated heterocycles. The molecule has 1 aromatic rings. The van der Waals surface area contributed by atoms with E-state index in [0.717, 1.165) is 25.2 Å². The maximum absolute atomic E-state index is 10.8. The second-order valence-electron chi connectivity index (χ2n) is 4.28. The maximum atomic E-state index is 10.8. The summed E-state index contributed by atoms with van der Waals surface area (Å²) in [6.45, 7) is 5.88. The summed E-state index contributed by atoms with van der Waals surface area (Å²) in [6.07, 6.45) is 2.77. The first-order valence-corrected chi connectivity index (χ1v) is 6.21. The van der Waals surface area contributed by atoms with Gasteiger partial charge in [-0.05, 0) is 25.1 Å². The zero-order valence-electron chi connectivity index (χ0n) is 11.0. The van der Waals surface area contributed by atoms with Crippen LogP contribution < -0.4 is 15.8 Å². The van der Waals surface area contributed by atoms with E-state index in [9.17, 15) is 4.79 Å². The largest absolute Gasteiger partial charge is 0.491 e. The lowest BCUT2D eigenvalue weighted by atomic mass is 10.2. The summed E-state index contributed by atoms with van der Waals surface area (Å²) >= 11 is 0. The quantitative estimate of drug-likeness (QED) is 0.678. The van der Waals surface area contributed by atoms with Gasteiger partial charge in [-0.3, -0.25) is 9.78 Å². The number of primary amides is 1. The Labute approximate surface area is 108 Å². The SMILES string of the molecule is CCCNCc1ccc(OCC(C)C(N)=O)cn1. The topological polar surface area (TPSA) is 77.2 Å². The second-order valence-corrected chi connectivity index (χ2v) is 4.28. The molecule has 0 aliphatic rings. The number of hydrogen-bond donors (Lipinski definition) is 2. The van der Waals surface area contributed by atoms with E-state index in [-0.39, 0.29) is 18.4 Å². The van der Waals surface area contributed by atoms with Crippen LogP contribution in [0.3, 0.4) is 0 Å². The number of aromatic nitrogens is 1. The minimum Gasteiger partial charge on any atom is -0.491 e. The number of amides is 1. The number of nitrogens with zero attached hydrogens (tertiary/aromatic N) is 1. The van der Waals surface area contributed by atoms with Gasteiger partial charge in [0.2, 0.25) is 5.91 Å². The molecule has 1 unspecified atom stereocenters. The van der Waals surface area contributed by atoms with E-state index in [1.807, 2.05) is 12.1 Å². The first-order valence-electron chi connectivity index (χ1n) is 6.21. The molecular weight excluding hydrogens is 230 g/mol. The van der Waals surface area contributed by atoms with E-state index in [1.165, 1.54) is 0 Å². The molecule has 1 amide bonds. The van der Waals surface area contributed by atoms with Gasteiger partial charge in [0.25, 0.3) is 0 Å². The van der Waals surface area contributed by atoms with Crippen LogP contribution in [-0.4, -0.2) is 24.0 Å². The molecule has 3 N–H and O–H groups in total. The van der Waals surface area contributed by atoms with Gasteiger partial charge in [0, 0.05) is 6.54 Å². The number of carbonyl (C=O) groups is 1. The van der Waals surface area contributed by atoms with Gasteiger partial charge in [0.15, 0.2) is 0 Å². The van der Waals surface area contributed by atoms with Gasteiger partial charge in [0.1, 0.15) is 5.75 Å². The number of ether oxygens (including phenoxy) is 1. The van der Waals surface area contributed by atoms with Gasteiger partial charge in [-0.25, -0.2) is 0 Å². The third-order valence-electron chi connectivity index (χ3n) is 2.52. The normalized spacial score (nSPS) is 12.1. The van der Waals surface area contributed by atoms with Crippen LogP contribution in [0.1, 0.15) is 26.0 Å². The smallest absolute Gasteiger partial charge is 0.223 e. The van der Waals surface area contributed by atoms with Gasteiger partial charge < -0.3 is 15.8 Å². The molecule has 0 bridgehead atoms. The van der Waals surface area contributed by atoms with Crippen LogP contribution >= 0.6 is 0 Å². The van der Waals surface area contributed by atoms with E-state index in [2.05, 4.69) is 17.2 Å². The van der Waals surface area contributed by atoms with E-state index < -0.39 is 0 Å². The predicted molar refractivity (Wildman–Crippen MR) is 70.1 cm³/mol. The van der Waals surface area contributed by atoms with E-state index in [4.69, 9.17) is 10.5 Å². The Kier molecular flexibility index (Phi) is 6.14. The number of hydrogen-bond acceptors (Lipinski definition) is 4. The molecule has 0 spiro atoms. The number of nitrogens with two attached hydrogens (primary N) is 1.